The fraction of sp³-hybridized carbons (Fsp3) is 0.583. The molecule has 84 valence electrons. The minimum absolute atomic E-state index is 0.367. The molecule has 0 aromatic carbocycles. The van der Waals surface area contributed by atoms with Gasteiger partial charge in [0.1, 0.15) is 11.8 Å². The van der Waals surface area contributed by atoms with Crippen molar-refractivity contribution in [1.29, 1.82) is 5.26 Å². The van der Waals surface area contributed by atoms with E-state index in [4.69, 9.17) is 5.26 Å². The van der Waals surface area contributed by atoms with Gasteiger partial charge in [-0.2, -0.15) is 5.26 Å². The van der Waals surface area contributed by atoms with Gasteiger partial charge in [-0.1, -0.05) is 19.8 Å². The number of hydrogen-bond acceptors (Lipinski definition) is 4. The number of nitrogens with zero attached hydrogens (tertiary/aromatic N) is 3. The fourth-order valence-electron chi connectivity index (χ4n) is 2.20. The van der Waals surface area contributed by atoms with Gasteiger partial charge in [0.15, 0.2) is 0 Å². The molecule has 4 nitrogen and oxygen atoms in total. The zero-order valence-corrected chi connectivity index (χ0v) is 9.53. The molecule has 2 rings (SSSR count). The second-order valence-electron chi connectivity index (χ2n) is 4.75. The molecule has 0 atom stereocenters. The highest BCUT2D eigenvalue weighted by Gasteiger charge is 2.28. The molecule has 0 spiro atoms. The molecule has 1 aromatic heterocycles. The zero-order chi connectivity index (χ0) is 11.4. The maximum absolute atomic E-state index is 8.72. The molecule has 1 heterocycles. The lowest BCUT2D eigenvalue weighted by atomic mass is 9.89. The molecule has 1 fully saturated rings. The van der Waals surface area contributed by atoms with E-state index in [2.05, 4.69) is 22.2 Å². The van der Waals surface area contributed by atoms with Crippen LogP contribution in [0, 0.1) is 16.7 Å². The molecular formula is C12H16N4. The monoisotopic (exact) mass is 216 g/mol. The first-order chi connectivity index (χ1) is 7.72. The normalized spacial score (nSPS) is 18.0. The molecule has 1 aromatic rings. The number of rotatable bonds is 3. The van der Waals surface area contributed by atoms with Gasteiger partial charge in [-0.05, 0) is 24.3 Å². The van der Waals surface area contributed by atoms with E-state index in [0.29, 0.717) is 17.1 Å². The van der Waals surface area contributed by atoms with Gasteiger partial charge >= 0.3 is 0 Å². The average Bonchev–Trinajstić information content (AvgIpc) is 2.75. The maximum Gasteiger partial charge on any atom is 0.223 e. The van der Waals surface area contributed by atoms with E-state index in [-0.39, 0.29) is 0 Å². The van der Waals surface area contributed by atoms with E-state index >= 15 is 0 Å². The van der Waals surface area contributed by atoms with Crippen LogP contribution in [-0.2, 0) is 0 Å². The van der Waals surface area contributed by atoms with Gasteiger partial charge in [-0.15, -0.1) is 0 Å². The van der Waals surface area contributed by atoms with Crippen LogP contribution in [0.15, 0.2) is 12.3 Å². The Balaban J connectivity index is 1.96. The number of hydrogen-bond donors (Lipinski definition) is 1. The molecular weight excluding hydrogens is 200 g/mol. The summed E-state index contributed by atoms with van der Waals surface area (Å²) in [5.41, 5.74) is 0.778. The summed E-state index contributed by atoms with van der Waals surface area (Å²) < 4.78 is 0. The van der Waals surface area contributed by atoms with Crippen LogP contribution in [0.3, 0.4) is 0 Å². The standard InChI is InChI=1S/C12H16N4/c1-12(5-2-3-6-12)9-15-11-14-7-4-10(8-13)16-11/h4,7H,2-3,5-6,9H2,1H3,(H,14,15,16). The van der Waals surface area contributed by atoms with Crippen LogP contribution in [0.2, 0.25) is 0 Å². The quantitative estimate of drug-likeness (QED) is 0.842. The van der Waals surface area contributed by atoms with Gasteiger partial charge in [0.05, 0.1) is 0 Å². The molecule has 1 aliphatic rings. The first kappa shape index (κ1) is 10.9. The van der Waals surface area contributed by atoms with Crippen molar-refractivity contribution in [2.45, 2.75) is 32.6 Å². The molecule has 1 aliphatic carbocycles. The molecule has 0 saturated heterocycles. The summed E-state index contributed by atoms with van der Waals surface area (Å²) in [6.45, 7) is 3.18. The molecule has 0 unspecified atom stereocenters. The van der Waals surface area contributed by atoms with Gasteiger partial charge in [-0.3, -0.25) is 0 Å². The van der Waals surface area contributed by atoms with E-state index in [9.17, 15) is 0 Å². The first-order valence-corrected chi connectivity index (χ1v) is 5.69. The number of aromatic nitrogens is 2. The highest BCUT2D eigenvalue weighted by atomic mass is 15.1. The second kappa shape index (κ2) is 4.48. The van der Waals surface area contributed by atoms with Crippen LogP contribution < -0.4 is 5.32 Å². The van der Waals surface area contributed by atoms with Gasteiger partial charge in [0, 0.05) is 12.7 Å². The molecule has 1 saturated carbocycles. The number of nitrogens with one attached hydrogen (secondary N) is 1. The van der Waals surface area contributed by atoms with E-state index < -0.39 is 0 Å². The topological polar surface area (TPSA) is 61.6 Å². The highest BCUT2D eigenvalue weighted by molar-refractivity contribution is 5.30. The first-order valence-electron chi connectivity index (χ1n) is 5.69. The minimum atomic E-state index is 0.367. The summed E-state index contributed by atoms with van der Waals surface area (Å²) >= 11 is 0. The molecule has 0 bridgehead atoms. The lowest BCUT2D eigenvalue weighted by molar-refractivity contribution is 0.361. The van der Waals surface area contributed by atoms with Gasteiger partial charge in [0.25, 0.3) is 0 Å². The van der Waals surface area contributed by atoms with E-state index in [1.807, 2.05) is 6.07 Å². The molecule has 1 N–H and O–H groups in total. The average molecular weight is 216 g/mol. The van der Waals surface area contributed by atoms with Crippen LogP contribution in [0.4, 0.5) is 5.95 Å². The van der Waals surface area contributed by atoms with Crippen LogP contribution in [0.5, 0.6) is 0 Å². The van der Waals surface area contributed by atoms with Crippen molar-refractivity contribution in [3.8, 4) is 6.07 Å². The molecule has 0 radical (unpaired) electrons. The summed E-state index contributed by atoms with van der Waals surface area (Å²) in [5.74, 6) is 0.562. The molecule has 0 aliphatic heterocycles. The van der Waals surface area contributed by atoms with Crippen molar-refractivity contribution >= 4 is 5.95 Å². The van der Waals surface area contributed by atoms with Crippen LogP contribution in [0.1, 0.15) is 38.3 Å². The third-order valence-corrected chi connectivity index (χ3v) is 3.25. The molecule has 16 heavy (non-hydrogen) atoms. The summed E-state index contributed by atoms with van der Waals surface area (Å²) in [7, 11) is 0. The van der Waals surface area contributed by atoms with E-state index in [0.717, 1.165) is 6.54 Å². The Morgan fingerprint density at radius 1 is 1.50 bits per heavy atom. The Labute approximate surface area is 95.7 Å². The van der Waals surface area contributed by atoms with Gasteiger partial charge in [0.2, 0.25) is 5.95 Å². The van der Waals surface area contributed by atoms with Crippen LogP contribution in [-0.4, -0.2) is 16.5 Å². The van der Waals surface area contributed by atoms with Crippen LogP contribution in [0.25, 0.3) is 0 Å². The summed E-state index contributed by atoms with van der Waals surface area (Å²) in [6.07, 6.45) is 6.77. The Morgan fingerprint density at radius 2 is 2.25 bits per heavy atom. The van der Waals surface area contributed by atoms with Crippen molar-refractivity contribution in [3.63, 3.8) is 0 Å². The van der Waals surface area contributed by atoms with Crippen LogP contribution >= 0.6 is 0 Å². The largest absolute Gasteiger partial charge is 0.354 e. The minimum Gasteiger partial charge on any atom is -0.354 e. The van der Waals surface area contributed by atoms with E-state index in [1.54, 1.807) is 12.3 Å². The molecule has 0 amide bonds. The predicted molar refractivity (Wildman–Crippen MR) is 61.8 cm³/mol. The third-order valence-electron chi connectivity index (χ3n) is 3.25. The number of nitriles is 1. The summed E-state index contributed by atoms with van der Waals surface area (Å²) in [5, 5.41) is 12.0. The maximum atomic E-state index is 8.72. The summed E-state index contributed by atoms with van der Waals surface area (Å²) in [4.78, 5) is 8.21. The Bertz CT molecular complexity index is 402. The Kier molecular flexibility index (Phi) is 3.04. The van der Waals surface area contributed by atoms with Crippen molar-refractivity contribution in [2.24, 2.45) is 5.41 Å². The predicted octanol–water partition coefficient (Wildman–Crippen LogP) is 2.34. The summed E-state index contributed by atoms with van der Waals surface area (Å²) in [6, 6.07) is 3.63. The second-order valence-corrected chi connectivity index (χ2v) is 4.75. The van der Waals surface area contributed by atoms with Gasteiger partial charge < -0.3 is 5.32 Å². The SMILES string of the molecule is CC1(CNc2nccc(C#N)n2)CCCC1. The van der Waals surface area contributed by atoms with Crippen molar-refractivity contribution in [1.82, 2.24) is 9.97 Å². The fourth-order valence-corrected chi connectivity index (χ4v) is 2.20. The van der Waals surface area contributed by atoms with Crippen molar-refractivity contribution in [3.05, 3.63) is 18.0 Å². The lowest BCUT2D eigenvalue weighted by Crippen LogP contribution is -2.23. The third kappa shape index (κ3) is 2.48. The number of anilines is 1. The Hall–Kier alpha value is -1.63. The highest BCUT2D eigenvalue weighted by Crippen LogP contribution is 2.37. The van der Waals surface area contributed by atoms with Crippen molar-refractivity contribution in [2.75, 3.05) is 11.9 Å². The molecule has 4 heteroatoms. The van der Waals surface area contributed by atoms with Gasteiger partial charge in [-0.25, -0.2) is 9.97 Å². The Morgan fingerprint density at radius 3 is 2.94 bits per heavy atom. The lowest BCUT2D eigenvalue weighted by Gasteiger charge is -2.23. The zero-order valence-electron chi connectivity index (χ0n) is 9.53. The van der Waals surface area contributed by atoms with Crippen molar-refractivity contribution < 1.29 is 0 Å². The van der Waals surface area contributed by atoms with E-state index in [1.165, 1.54) is 25.7 Å². The smallest absolute Gasteiger partial charge is 0.223 e.